The number of halogens is 1. The van der Waals surface area contributed by atoms with Gasteiger partial charge in [-0.25, -0.2) is 4.39 Å². The lowest BCUT2D eigenvalue weighted by atomic mass is 10.1. The normalized spacial score (nSPS) is 11.1. The SMILES string of the molecule is CC(C)NC(=O)/C(C#N)=C\NCCc1cccc(F)c1. The van der Waals surface area contributed by atoms with E-state index in [-0.39, 0.29) is 17.4 Å². The van der Waals surface area contributed by atoms with Gasteiger partial charge < -0.3 is 10.6 Å². The molecule has 1 aromatic rings. The minimum atomic E-state index is -0.402. The average Bonchev–Trinajstić information content (AvgIpc) is 2.38. The van der Waals surface area contributed by atoms with Gasteiger partial charge in [-0.2, -0.15) is 5.26 Å². The molecule has 4 nitrogen and oxygen atoms in total. The third-order valence-corrected chi connectivity index (χ3v) is 2.48. The predicted molar refractivity (Wildman–Crippen MR) is 75.1 cm³/mol. The number of carbonyl (C=O) groups is 1. The molecule has 20 heavy (non-hydrogen) atoms. The highest BCUT2D eigenvalue weighted by Gasteiger charge is 2.09. The molecule has 0 spiro atoms. The Labute approximate surface area is 118 Å². The molecule has 0 bridgehead atoms. The van der Waals surface area contributed by atoms with Crippen LogP contribution >= 0.6 is 0 Å². The Bertz CT molecular complexity index is 532. The van der Waals surface area contributed by atoms with Gasteiger partial charge in [0, 0.05) is 18.8 Å². The molecule has 1 rings (SSSR count). The number of rotatable bonds is 6. The summed E-state index contributed by atoms with van der Waals surface area (Å²) in [4.78, 5) is 11.6. The van der Waals surface area contributed by atoms with Crippen molar-refractivity contribution < 1.29 is 9.18 Å². The largest absolute Gasteiger partial charge is 0.389 e. The molecule has 0 heterocycles. The summed E-state index contributed by atoms with van der Waals surface area (Å²) in [6, 6.07) is 8.14. The fourth-order valence-electron chi connectivity index (χ4n) is 1.57. The second-order valence-corrected chi connectivity index (χ2v) is 4.63. The zero-order chi connectivity index (χ0) is 15.0. The maximum absolute atomic E-state index is 13.0. The van der Waals surface area contributed by atoms with Crippen LogP contribution in [0.4, 0.5) is 4.39 Å². The van der Waals surface area contributed by atoms with Crippen molar-refractivity contribution >= 4 is 5.91 Å². The first-order valence-electron chi connectivity index (χ1n) is 6.42. The van der Waals surface area contributed by atoms with Crippen LogP contribution in [-0.2, 0) is 11.2 Å². The minimum absolute atomic E-state index is 0.0217. The van der Waals surface area contributed by atoms with Gasteiger partial charge in [0.15, 0.2) is 0 Å². The van der Waals surface area contributed by atoms with Crippen LogP contribution < -0.4 is 10.6 Å². The highest BCUT2D eigenvalue weighted by Crippen LogP contribution is 2.03. The number of nitriles is 1. The number of hydrogen-bond acceptors (Lipinski definition) is 3. The van der Waals surface area contributed by atoms with Crippen molar-refractivity contribution in [2.45, 2.75) is 26.3 Å². The van der Waals surface area contributed by atoms with E-state index >= 15 is 0 Å². The van der Waals surface area contributed by atoms with E-state index in [2.05, 4.69) is 10.6 Å². The first kappa shape index (κ1) is 15.7. The van der Waals surface area contributed by atoms with Gasteiger partial charge in [-0.15, -0.1) is 0 Å². The van der Waals surface area contributed by atoms with E-state index in [1.54, 1.807) is 6.07 Å². The van der Waals surface area contributed by atoms with Gasteiger partial charge >= 0.3 is 0 Å². The van der Waals surface area contributed by atoms with E-state index in [1.165, 1.54) is 18.3 Å². The zero-order valence-electron chi connectivity index (χ0n) is 11.6. The molecule has 0 aliphatic heterocycles. The van der Waals surface area contributed by atoms with Crippen LogP contribution in [0.25, 0.3) is 0 Å². The highest BCUT2D eigenvalue weighted by atomic mass is 19.1. The van der Waals surface area contributed by atoms with Crippen LogP contribution in [0.5, 0.6) is 0 Å². The summed E-state index contributed by atoms with van der Waals surface area (Å²) in [6.45, 7) is 4.16. The Morgan fingerprint density at radius 1 is 1.50 bits per heavy atom. The maximum atomic E-state index is 13.0. The number of benzene rings is 1. The van der Waals surface area contributed by atoms with E-state index in [0.717, 1.165) is 5.56 Å². The van der Waals surface area contributed by atoms with Crippen LogP contribution in [-0.4, -0.2) is 18.5 Å². The molecule has 106 valence electrons. The van der Waals surface area contributed by atoms with Gasteiger partial charge in [0.2, 0.25) is 0 Å². The van der Waals surface area contributed by atoms with Gasteiger partial charge in [-0.05, 0) is 38.0 Å². The third kappa shape index (κ3) is 5.53. The van der Waals surface area contributed by atoms with Gasteiger partial charge in [0.05, 0.1) is 0 Å². The van der Waals surface area contributed by atoms with Crippen molar-refractivity contribution in [1.82, 2.24) is 10.6 Å². The van der Waals surface area contributed by atoms with Crippen molar-refractivity contribution in [3.05, 3.63) is 47.4 Å². The fraction of sp³-hybridized carbons (Fsp3) is 0.333. The number of amides is 1. The smallest absolute Gasteiger partial charge is 0.263 e. The van der Waals surface area contributed by atoms with E-state index < -0.39 is 5.91 Å². The summed E-state index contributed by atoms with van der Waals surface area (Å²) in [5, 5.41) is 14.4. The summed E-state index contributed by atoms with van der Waals surface area (Å²) in [6.07, 6.45) is 2.00. The molecule has 0 aliphatic rings. The van der Waals surface area contributed by atoms with Crippen LogP contribution in [0.3, 0.4) is 0 Å². The van der Waals surface area contributed by atoms with Crippen molar-refractivity contribution in [2.75, 3.05) is 6.54 Å². The summed E-state index contributed by atoms with van der Waals surface area (Å²) < 4.78 is 13.0. The molecule has 0 unspecified atom stereocenters. The van der Waals surface area contributed by atoms with E-state index in [1.807, 2.05) is 26.0 Å². The molecular weight excluding hydrogens is 257 g/mol. The van der Waals surface area contributed by atoms with Crippen molar-refractivity contribution in [1.29, 1.82) is 5.26 Å². The van der Waals surface area contributed by atoms with Crippen molar-refractivity contribution in [2.24, 2.45) is 0 Å². The number of nitrogens with one attached hydrogen (secondary N) is 2. The molecule has 0 saturated carbocycles. The van der Waals surface area contributed by atoms with Crippen molar-refractivity contribution in [3.63, 3.8) is 0 Å². The molecule has 0 aliphatic carbocycles. The Hall–Kier alpha value is -2.35. The Morgan fingerprint density at radius 3 is 2.85 bits per heavy atom. The molecule has 0 saturated heterocycles. The highest BCUT2D eigenvalue weighted by molar-refractivity contribution is 5.97. The first-order chi connectivity index (χ1) is 9.52. The molecule has 0 atom stereocenters. The van der Waals surface area contributed by atoms with E-state index in [9.17, 15) is 9.18 Å². The van der Waals surface area contributed by atoms with Gasteiger partial charge in [0.25, 0.3) is 5.91 Å². The summed E-state index contributed by atoms with van der Waals surface area (Å²) >= 11 is 0. The lowest BCUT2D eigenvalue weighted by Crippen LogP contribution is -2.31. The summed E-state index contributed by atoms with van der Waals surface area (Å²) in [5.74, 6) is -0.673. The monoisotopic (exact) mass is 275 g/mol. The molecular formula is C15H18FN3O. The number of hydrogen-bond donors (Lipinski definition) is 2. The van der Waals surface area contributed by atoms with Gasteiger partial charge in [0.1, 0.15) is 17.5 Å². The lowest BCUT2D eigenvalue weighted by Gasteiger charge is -2.07. The molecule has 0 radical (unpaired) electrons. The summed E-state index contributed by atoms with van der Waals surface area (Å²) in [5.41, 5.74) is 0.883. The second kappa shape index (κ2) is 7.95. The van der Waals surface area contributed by atoms with Gasteiger partial charge in [-0.3, -0.25) is 4.79 Å². The minimum Gasteiger partial charge on any atom is -0.389 e. The Balaban J connectivity index is 2.46. The van der Waals surface area contributed by atoms with Crippen molar-refractivity contribution in [3.8, 4) is 6.07 Å². The standard InChI is InChI=1S/C15H18FN3O/c1-11(2)19-15(20)13(9-17)10-18-7-6-12-4-3-5-14(16)8-12/h3-5,8,10-11,18H,6-7H2,1-2H3,(H,19,20)/b13-10-. The molecule has 1 amide bonds. The quantitative estimate of drug-likeness (QED) is 0.473. The number of nitrogens with zero attached hydrogens (tertiary/aromatic N) is 1. The van der Waals surface area contributed by atoms with Crippen LogP contribution in [0, 0.1) is 17.1 Å². The molecule has 5 heteroatoms. The topological polar surface area (TPSA) is 64.9 Å². The molecule has 0 aromatic heterocycles. The fourth-order valence-corrected chi connectivity index (χ4v) is 1.57. The Morgan fingerprint density at radius 2 is 2.25 bits per heavy atom. The third-order valence-electron chi connectivity index (χ3n) is 2.48. The predicted octanol–water partition coefficient (Wildman–Crippen LogP) is 1.89. The maximum Gasteiger partial charge on any atom is 0.263 e. The van der Waals surface area contributed by atoms with Gasteiger partial charge in [-0.1, -0.05) is 12.1 Å². The van der Waals surface area contributed by atoms with Crippen LogP contribution in [0.15, 0.2) is 36.0 Å². The molecule has 0 fully saturated rings. The summed E-state index contributed by atoms with van der Waals surface area (Å²) in [7, 11) is 0. The zero-order valence-corrected chi connectivity index (χ0v) is 11.6. The molecule has 2 N–H and O–H groups in total. The van der Waals surface area contributed by atoms with E-state index in [0.29, 0.717) is 13.0 Å². The Kier molecular flexibility index (Phi) is 6.24. The van der Waals surface area contributed by atoms with Crippen LogP contribution in [0.2, 0.25) is 0 Å². The molecule has 1 aromatic carbocycles. The van der Waals surface area contributed by atoms with Crippen LogP contribution in [0.1, 0.15) is 19.4 Å². The number of carbonyl (C=O) groups excluding carboxylic acids is 1. The lowest BCUT2D eigenvalue weighted by molar-refractivity contribution is -0.117. The average molecular weight is 275 g/mol. The first-order valence-corrected chi connectivity index (χ1v) is 6.42. The van der Waals surface area contributed by atoms with E-state index in [4.69, 9.17) is 5.26 Å². The second-order valence-electron chi connectivity index (χ2n) is 4.63.